The standard InChI is InChI=1S/C20H23N3O2/c1-3-20(4-2,15-24)23-19(25)22-18-10-7-8-16(14-18)11-12-17-9-5-6-13-21-17/h5-10,13-14,24H,3-4,15H2,1-2H3,(H2,22,23,25). The predicted octanol–water partition coefficient (Wildman–Crippen LogP) is 3.15. The van der Waals surface area contributed by atoms with Crippen LogP contribution in [-0.4, -0.2) is 28.3 Å². The van der Waals surface area contributed by atoms with Gasteiger partial charge in [0.2, 0.25) is 0 Å². The first kappa shape index (κ1) is 18.5. The summed E-state index contributed by atoms with van der Waals surface area (Å²) in [4.78, 5) is 16.4. The highest BCUT2D eigenvalue weighted by Gasteiger charge is 2.27. The Bertz CT molecular complexity index is 751. The molecule has 3 N–H and O–H groups in total. The number of rotatable bonds is 5. The van der Waals surface area contributed by atoms with Crippen molar-refractivity contribution >= 4 is 11.7 Å². The summed E-state index contributed by atoms with van der Waals surface area (Å²) in [6.45, 7) is 3.78. The van der Waals surface area contributed by atoms with E-state index in [2.05, 4.69) is 27.5 Å². The number of benzene rings is 1. The third-order valence-electron chi connectivity index (χ3n) is 4.16. The van der Waals surface area contributed by atoms with Crippen LogP contribution in [0.2, 0.25) is 0 Å². The molecule has 5 heteroatoms. The molecule has 2 rings (SSSR count). The van der Waals surface area contributed by atoms with Crippen LogP contribution in [0.4, 0.5) is 10.5 Å². The first-order valence-electron chi connectivity index (χ1n) is 8.34. The minimum absolute atomic E-state index is 0.0942. The molecule has 1 aromatic heterocycles. The van der Waals surface area contributed by atoms with Gasteiger partial charge in [-0.1, -0.05) is 31.9 Å². The second kappa shape index (κ2) is 8.86. The normalized spacial score (nSPS) is 10.5. The van der Waals surface area contributed by atoms with Crippen molar-refractivity contribution in [2.45, 2.75) is 32.2 Å². The van der Waals surface area contributed by atoms with E-state index in [1.807, 2.05) is 44.2 Å². The molecule has 0 unspecified atom stereocenters. The zero-order chi connectivity index (χ0) is 18.1. The molecular formula is C20H23N3O2. The van der Waals surface area contributed by atoms with E-state index < -0.39 is 5.54 Å². The summed E-state index contributed by atoms with van der Waals surface area (Å²) in [5.74, 6) is 6.02. The van der Waals surface area contributed by atoms with Crippen molar-refractivity contribution in [2.75, 3.05) is 11.9 Å². The maximum atomic E-state index is 12.2. The third kappa shape index (κ3) is 5.33. The molecule has 0 fully saturated rings. The smallest absolute Gasteiger partial charge is 0.319 e. The number of nitrogens with zero attached hydrogens (tertiary/aromatic N) is 1. The predicted molar refractivity (Wildman–Crippen MR) is 99.2 cm³/mol. The largest absolute Gasteiger partial charge is 0.394 e. The van der Waals surface area contributed by atoms with Crippen LogP contribution in [-0.2, 0) is 0 Å². The SMILES string of the molecule is CCC(CC)(CO)NC(=O)Nc1cccc(C#Cc2ccccn2)c1. The monoisotopic (exact) mass is 337 g/mol. The Morgan fingerprint density at radius 2 is 1.96 bits per heavy atom. The van der Waals surface area contributed by atoms with Gasteiger partial charge in [0.1, 0.15) is 5.69 Å². The van der Waals surface area contributed by atoms with E-state index in [9.17, 15) is 9.90 Å². The van der Waals surface area contributed by atoms with Crippen LogP contribution in [0.15, 0.2) is 48.7 Å². The van der Waals surface area contributed by atoms with Crippen molar-refractivity contribution in [1.29, 1.82) is 0 Å². The van der Waals surface area contributed by atoms with Crippen LogP contribution >= 0.6 is 0 Å². The molecule has 0 saturated carbocycles. The summed E-state index contributed by atoms with van der Waals surface area (Å²) >= 11 is 0. The van der Waals surface area contributed by atoms with Crippen LogP contribution in [0.25, 0.3) is 0 Å². The summed E-state index contributed by atoms with van der Waals surface area (Å²) in [6, 6.07) is 12.5. The van der Waals surface area contributed by atoms with E-state index in [1.165, 1.54) is 0 Å². The lowest BCUT2D eigenvalue weighted by Crippen LogP contribution is -2.52. The minimum Gasteiger partial charge on any atom is -0.394 e. The van der Waals surface area contributed by atoms with Crippen molar-refractivity contribution in [1.82, 2.24) is 10.3 Å². The van der Waals surface area contributed by atoms with Gasteiger partial charge >= 0.3 is 6.03 Å². The minimum atomic E-state index is -0.597. The van der Waals surface area contributed by atoms with Crippen LogP contribution in [0.5, 0.6) is 0 Å². The molecule has 0 bridgehead atoms. The van der Waals surface area contributed by atoms with Crippen LogP contribution in [0.1, 0.15) is 37.9 Å². The Hall–Kier alpha value is -2.84. The average molecular weight is 337 g/mol. The number of hydrogen-bond donors (Lipinski definition) is 3. The number of urea groups is 1. The molecule has 1 aromatic carbocycles. The quantitative estimate of drug-likeness (QED) is 0.734. The first-order chi connectivity index (χ1) is 12.1. The van der Waals surface area contributed by atoms with E-state index >= 15 is 0 Å². The molecule has 5 nitrogen and oxygen atoms in total. The molecule has 2 amide bonds. The molecular weight excluding hydrogens is 314 g/mol. The number of aliphatic hydroxyl groups excluding tert-OH is 1. The third-order valence-corrected chi connectivity index (χ3v) is 4.16. The fourth-order valence-corrected chi connectivity index (χ4v) is 2.34. The number of hydrogen-bond acceptors (Lipinski definition) is 3. The number of carbonyl (C=O) groups is 1. The molecule has 0 aliphatic rings. The number of nitrogens with one attached hydrogen (secondary N) is 2. The molecule has 0 saturated heterocycles. The fourth-order valence-electron chi connectivity index (χ4n) is 2.34. The van der Waals surface area contributed by atoms with E-state index in [1.54, 1.807) is 18.3 Å². The Kier molecular flexibility index (Phi) is 6.55. The van der Waals surface area contributed by atoms with Crippen molar-refractivity contribution in [3.63, 3.8) is 0 Å². The molecule has 0 radical (unpaired) electrons. The van der Waals surface area contributed by atoms with Crippen molar-refractivity contribution < 1.29 is 9.90 Å². The van der Waals surface area contributed by atoms with Crippen molar-refractivity contribution in [2.24, 2.45) is 0 Å². The van der Waals surface area contributed by atoms with Gasteiger partial charge in [0.05, 0.1) is 12.1 Å². The number of carbonyl (C=O) groups excluding carboxylic acids is 1. The van der Waals surface area contributed by atoms with E-state index in [4.69, 9.17) is 0 Å². The van der Waals surface area contributed by atoms with E-state index in [0.717, 1.165) is 5.56 Å². The summed E-state index contributed by atoms with van der Waals surface area (Å²) in [5, 5.41) is 15.2. The Morgan fingerprint density at radius 1 is 1.16 bits per heavy atom. The highest BCUT2D eigenvalue weighted by molar-refractivity contribution is 5.90. The summed E-state index contributed by atoms with van der Waals surface area (Å²) in [6.07, 6.45) is 3.01. The second-order valence-electron chi connectivity index (χ2n) is 5.77. The fraction of sp³-hybridized carbons (Fsp3) is 0.300. The van der Waals surface area contributed by atoms with Crippen LogP contribution < -0.4 is 10.6 Å². The Balaban J connectivity index is 2.07. The zero-order valence-electron chi connectivity index (χ0n) is 14.5. The maximum Gasteiger partial charge on any atom is 0.319 e. The van der Waals surface area contributed by atoms with Gasteiger partial charge in [0.15, 0.2) is 0 Å². The molecule has 2 aromatic rings. The number of anilines is 1. The molecule has 0 spiro atoms. The number of aliphatic hydroxyl groups is 1. The second-order valence-corrected chi connectivity index (χ2v) is 5.77. The van der Waals surface area contributed by atoms with Gasteiger partial charge in [-0.2, -0.15) is 0 Å². The van der Waals surface area contributed by atoms with Gasteiger partial charge in [-0.05, 0) is 49.1 Å². The molecule has 130 valence electrons. The zero-order valence-corrected chi connectivity index (χ0v) is 14.5. The number of amides is 2. The summed E-state index contributed by atoms with van der Waals surface area (Å²) in [5.41, 5.74) is 1.52. The maximum absolute atomic E-state index is 12.2. The Morgan fingerprint density at radius 3 is 2.60 bits per heavy atom. The van der Waals surface area contributed by atoms with Gasteiger partial charge in [-0.3, -0.25) is 0 Å². The van der Waals surface area contributed by atoms with E-state index in [-0.39, 0.29) is 12.6 Å². The van der Waals surface area contributed by atoms with Crippen LogP contribution in [0, 0.1) is 11.8 Å². The molecule has 0 aliphatic heterocycles. The van der Waals surface area contributed by atoms with E-state index in [0.29, 0.717) is 24.2 Å². The number of aromatic nitrogens is 1. The molecule has 0 atom stereocenters. The Labute approximate surface area is 148 Å². The highest BCUT2D eigenvalue weighted by atomic mass is 16.3. The van der Waals surface area contributed by atoms with Crippen molar-refractivity contribution in [3.8, 4) is 11.8 Å². The summed E-state index contributed by atoms with van der Waals surface area (Å²) in [7, 11) is 0. The lowest BCUT2D eigenvalue weighted by Gasteiger charge is -2.30. The lowest BCUT2D eigenvalue weighted by molar-refractivity contribution is 0.155. The topological polar surface area (TPSA) is 74.2 Å². The lowest BCUT2D eigenvalue weighted by atomic mass is 9.94. The van der Waals surface area contributed by atoms with Gasteiger partial charge in [0.25, 0.3) is 0 Å². The van der Waals surface area contributed by atoms with Gasteiger partial charge < -0.3 is 15.7 Å². The van der Waals surface area contributed by atoms with Gasteiger partial charge in [-0.15, -0.1) is 0 Å². The average Bonchev–Trinajstić information content (AvgIpc) is 2.66. The van der Waals surface area contributed by atoms with Gasteiger partial charge in [0, 0.05) is 17.4 Å². The van der Waals surface area contributed by atoms with Gasteiger partial charge in [-0.25, -0.2) is 9.78 Å². The molecule has 25 heavy (non-hydrogen) atoms. The highest BCUT2D eigenvalue weighted by Crippen LogP contribution is 2.15. The van der Waals surface area contributed by atoms with Crippen molar-refractivity contribution in [3.05, 3.63) is 59.9 Å². The summed E-state index contributed by atoms with van der Waals surface area (Å²) < 4.78 is 0. The molecule has 0 aliphatic carbocycles. The number of pyridine rings is 1. The molecule has 1 heterocycles. The first-order valence-corrected chi connectivity index (χ1v) is 8.34. The van der Waals surface area contributed by atoms with Crippen LogP contribution in [0.3, 0.4) is 0 Å².